The zero-order valence-corrected chi connectivity index (χ0v) is 8.05. The van der Waals surface area contributed by atoms with Crippen molar-refractivity contribution < 1.29 is 4.79 Å². The van der Waals surface area contributed by atoms with E-state index in [1.807, 2.05) is 13.0 Å². The molecule has 1 spiro atoms. The van der Waals surface area contributed by atoms with Gasteiger partial charge in [-0.2, -0.15) is 0 Å². The maximum atomic E-state index is 11.4. The van der Waals surface area contributed by atoms with E-state index in [0.717, 1.165) is 18.5 Å². The van der Waals surface area contributed by atoms with Gasteiger partial charge in [-0.1, -0.05) is 12.1 Å². The van der Waals surface area contributed by atoms with E-state index in [0.29, 0.717) is 0 Å². The van der Waals surface area contributed by atoms with Crippen molar-refractivity contribution >= 4 is 11.7 Å². The van der Waals surface area contributed by atoms with Crippen LogP contribution in [-0.2, 0) is 5.54 Å². The number of amides is 2. The van der Waals surface area contributed by atoms with Crippen molar-refractivity contribution in [3.8, 4) is 0 Å². The lowest BCUT2D eigenvalue weighted by atomic mass is 9.99. The lowest BCUT2D eigenvalue weighted by Crippen LogP contribution is -2.42. The Bertz CT molecular complexity index is 421. The molecule has 2 amide bonds. The Morgan fingerprint density at radius 3 is 2.86 bits per heavy atom. The van der Waals surface area contributed by atoms with Crippen LogP contribution in [0, 0.1) is 6.92 Å². The van der Waals surface area contributed by atoms with Crippen LogP contribution in [0.3, 0.4) is 0 Å². The lowest BCUT2D eigenvalue weighted by molar-refractivity contribution is 0.246. The van der Waals surface area contributed by atoms with Gasteiger partial charge in [0.25, 0.3) is 0 Å². The molecule has 1 aliphatic carbocycles. The number of fused-ring (bicyclic) bond motifs is 2. The van der Waals surface area contributed by atoms with Crippen LogP contribution in [0.2, 0.25) is 0 Å². The Morgan fingerprint density at radius 1 is 1.36 bits per heavy atom. The number of urea groups is 1. The maximum absolute atomic E-state index is 11.4. The van der Waals surface area contributed by atoms with Crippen LogP contribution >= 0.6 is 0 Å². The van der Waals surface area contributed by atoms with Crippen molar-refractivity contribution in [1.29, 1.82) is 0 Å². The third kappa shape index (κ3) is 0.953. The van der Waals surface area contributed by atoms with Gasteiger partial charge in [-0.15, -0.1) is 0 Å². The van der Waals surface area contributed by atoms with E-state index >= 15 is 0 Å². The largest absolute Gasteiger partial charge is 0.328 e. The summed E-state index contributed by atoms with van der Waals surface area (Å²) >= 11 is 0. The second-order valence-electron chi connectivity index (χ2n) is 4.21. The van der Waals surface area contributed by atoms with E-state index in [1.165, 1.54) is 11.1 Å². The summed E-state index contributed by atoms with van der Waals surface area (Å²) < 4.78 is 0. The Balaban J connectivity index is 2.17. The zero-order chi connectivity index (χ0) is 9.76. The standard InChI is InChI=1S/C11H12N2O/c1-7-2-3-8-9(6-7)12-10(14)13-11(8)4-5-11/h2-3,6H,4-5H2,1H3,(H2,12,13,14). The summed E-state index contributed by atoms with van der Waals surface area (Å²) in [6, 6.07) is 6.18. The van der Waals surface area contributed by atoms with Crippen LogP contribution in [0.25, 0.3) is 0 Å². The Morgan fingerprint density at radius 2 is 2.14 bits per heavy atom. The van der Waals surface area contributed by atoms with Crippen LogP contribution in [0.15, 0.2) is 18.2 Å². The molecule has 1 heterocycles. The summed E-state index contributed by atoms with van der Waals surface area (Å²) in [6.07, 6.45) is 2.13. The van der Waals surface area contributed by atoms with Gasteiger partial charge in [0, 0.05) is 11.3 Å². The predicted molar refractivity (Wildman–Crippen MR) is 54.2 cm³/mol. The number of hydrogen-bond acceptors (Lipinski definition) is 1. The highest BCUT2D eigenvalue weighted by Gasteiger charge is 2.49. The SMILES string of the molecule is Cc1ccc2c(c1)NC(=O)NC21CC1. The van der Waals surface area contributed by atoms with Crippen molar-refractivity contribution in [2.24, 2.45) is 0 Å². The molecule has 0 aromatic heterocycles. The normalized spacial score (nSPS) is 21.1. The number of carbonyl (C=O) groups is 1. The fourth-order valence-electron chi connectivity index (χ4n) is 2.14. The van der Waals surface area contributed by atoms with E-state index in [4.69, 9.17) is 0 Å². The molecule has 1 fully saturated rings. The van der Waals surface area contributed by atoms with Crippen LogP contribution in [-0.4, -0.2) is 6.03 Å². The summed E-state index contributed by atoms with van der Waals surface area (Å²) in [6.45, 7) is 2.04. The summed E-state index contributed by atoms with van der Waals surface area (Å²) in [7, 11) is 0. The van der Waals surface area contributed by atoms with E-state index in [-0.39, 0.29) is 11.6 Å². The van der Waals surface area contributed by atoms with E-state index < -0.39 is 0 Å². The van der Waals surface area contributed by atoms with Gasteiger partial charge in [0.1, 0.15) is 0 Å². The molecule has 1 aromatic carbocycles. The topological polar surface area (TPSA) is 41.1 Å². The molecule has 1 aliphatic heterocycles. The summed E-state index contributed by atoms with van der Waals surface area (Å²) in [5.41, 5.74) is 3.36. The van der Waals surface area contributed by atoms with Gasteiger partial charge in [-0.05, 0) is 31.4 Å². The van der Waals surface area contributed by atoms with Gasteiger partial charge in [-0.3, -0.25) is 0 Å². The fourth-order valence-corrected chi connectivity index (χ4v) is 2.14. The van der Waals surface area contributed by atoms with Gasteiger partial charge in [0.2, 0.25) is 0 Å². The van der Waals surface area contributed by atoms with Crippen LogP contribution in [0.4, 0.5) is 10.5 Å². The van der Waals surface area contributed by atoms with Crippen LogP contribution < -0.4 is 10.6 Å². The van der Waals surface area contributed by atoms with Crippen molar-refractivity contribution in [3.05, 3.63) is 29.3 Å². The van der Waals surface area contributed by atoms with Gasteiger partial charge >= 0.3 is 6.03 Å². The highest BCUT2D eigenvalue weighted by molar-refractivity contribution is 5.94. The second kappa shape index (κ2) is 2.29. The quantitative estimate of drug-likeness (QED) is 0.643. The average molecular weight is 188 g/mol. The van der Waals surface area contributed by atoms with Gasteiger partial charge < -0.3 is 10.6 Å². The van der Waals surface area contributed by atoms with Gasteiger partial charge in [0.15, 0.2) is 0 Å². The van der Waals surface area contributed by atoms with Crippen molar-refractivity contribution in [3.63, 3.8) is 0 Å². The molecule has 1 saturated carbocycles. The fraction of sp³-hybridized carbons (Fsp3) is 0.364. The molecule has 14 heavy (non-hydrogen) atoms. The van der Waals surface area contributed by atoms with Gasteiger partial charge in [0.05, 0.1) is 5.54 Å². The molecule has 0 atom stereocenters. The lowest BCUT2D eigenvalue weighted by Gasteiger charge is -2.27. The van der Waals surface area contributed by atoms with Crippen LogP contribution in [0.1, 0.15) is 24.0 Å². The number of rotatable bonds is 0. The molecule has 3 rings (SSSR count). The highest BCUT2D eigenvalue weighted by atomic mass is 16.2. The van der Waals surface area contributed by atoms with Gasteiger partial charge in [-0.25, -0.2) is 4.79 Å². The minimum absolute atomic E-state index is 0.0363. The predicted octanol–water partition coefficient (Wildman–Crippen LogP) is 2.12. The smallest absolute Gasteiger partial charge is 0.319 e. The van der Waals surface area contributed by atoms with Crippen LogP contribution in [0.5, 0.6) is 0 Å². The molecular formula is C11H12N2O. The summed E-state index contributed by atoms with van der Waals surface area (Å²) in [4.78, 5) is 11.4. The third-order valence-electron chi connectivity index (χ3n) is 3.04. The molecule has 1 aromatic rings. The molecule has 0 unspecified atom stereocenters. The number of aryl methyl sites for hydroxylation is 1. The molecule has 72 valence electrons. The molecule has 0 bridgehead atoms. The van der Waals surface area contributed by atoms with E-state index in [9.17, 15) is 4.79 Å². The van der Waals surface area contributed by atoms with E-state index in [1.54, 1.807) is 0 Å². The monoisotopic (exact) mass is 188 g/mol. The summed E-state index contributed by atoms with van der Waals surface area (Å²) in [5.74, 6) is 0. The molecule has 0 saturated heterocycles. The maximum Gasteiger partial charge on any atom is 0.319 e. The first-order valence-corrected chi connectivity index (χ1v) is 4.90. The molecular weight excluding hydrogens is 176 g/mol. The van der Waals surface area contributed by atoms with E-state index in [2.05, 4.69) is 22.8 Å². The molecule has 2 aliphatic rings. The highest BCUT2D eigenvalue weighted by Crippen LogP contribution is 2.50. The average Bonchev–Trinajstić information content (AvgIpc) is 2.84. The Hall–Kier alpha value is -1.51. The number of nitrogens with one attached hydrogen (secondary N) is 2. The first kappa shape index (κ1) is 7.85. The number of anilines is 1. The molecule has 0 radical (unpaired) electrons. The minimum atomic E-state index is -0.0689. The number of benzene rings is 1. The Kier molecular flexibility index (Phi) is 1.29. The summed E-state index contributed by atoms with van der Waals surface area (Å²) in [5, 5.41) is 5.84. The molecule has 3 nitrogen and oxygen atoms in total. The molecule has 2 N–H and O–H groups in total. The minimum Gasteiger partial charge on any atom is -0.328 e. The first-order valence-electron chi connectivity index (χ1n) is 4.90. The number of hydrogen-bond donors (Lipinski definition) is 2. The first-order chi connectivity index (χ1) is 6.70. The second-order valence-corrected chi connectivity index (χ2v) is 4.21. The number of carbonyl (C=O) groups excluding carboxylic acids is 1. The van der Waals surface area contributed by atoms with Crippen molar-refractivity contribution in [2.75, 3.05) is 5.32 Å². The van der Waals surface area contributed by atoms with Crippen molar-refractivity contribution in [2.45, 2.75) is 25.3 Å². The molecule has 3 heteroatoms. The Labute approximate surface area is 82.5 Å². The van der Waals surface area contributed by atoms with Crippen molar-refractivity contribution in [1.82, 2.24) is 5.32 Å². The third-order valence-corrected chi connectivity index (χ3v) is 3.04. The zero-order valence-electron chi connectivity index (χ0n) is 8.05.